The fourth-order valence-electron chi connectivity index (χ4n) is 2.70. The summed E-state index contributed by atoms with van der Waals surface area (Å²) < 4.78 is 23.9. The molecule has 0 fully saturated rings. The average molecular weight is 386 g/mol. The van der Waals surface area contributed by atoms with E-state index in [-0.39, 0.29) is 11.7 Å². The van der Waals surface area contributed by atoms with Crippen molar-refractivity contribution in [1.82, 2.24) is 5.32 Å². The molecule has 0 spiro atoms. The lowest BCUT2D eigenvalue weighted by molar-refractivity contribution is -0.138. The van der Waals surface area contributed by atoms with Gasteiger partial charge in [0, 0.05) is 18.3 Å². The Kier molecular flexibility index (Phi) is 5.82. The maximum absolute atomic E-state index is 12.9. The van der Waals surface area contributed by atoms with Gasteiger partial charge in [-0.3, -0.25) is 9.59 Å². The summed E-state index contributed by atoms with van der Waals surface area (Å²) in [6.07, 6.45) is 0.548. The standard InChI is InChI=1S/C21H23FN2O4/c1-21(2,19(25)23-10-9-14-3-5-15(22)6-4-14)20(26)24-16-7-8-17-18(13-16)28-12-11-27-17/h3-8,13H,9-12H2,1-2H3,(H,23,25)(H,24,26). The zero-order valence-electron chi connectivity index (χ0n) is 15.9. The van der Waals surface area contributed by atoms with Crippen LogP contribution < -0.4 is 20.1 Å². The Balaban J connectivity index is 1.55. The van der Waals surface area contributed by atoms with E-state index in [0.717, 1.165) is 5.56 Å². The Morgan fingerprint density at radius 3 is 2.39 bits per heavy atom. The molecule has 2 amide bonds. The molecule has 148 valence electrons. The van der Waals surface area contributed by atoms with E-state index in [1.807, 2.05) is 0 Å². The Labute approximate surface area is 163 Å². The van der Waals surface area contributed by atoms with Crippen LogP contribution in [0.15, 0.2) is 42.5 Å². The Hall–Kier alpha value is -3.09. The number of carbonyl (C=O) groups excluding carboxylic acids is 2. The largest absolute Gasteiger partial charge is 0.486 e. The number of amides is 2. The molecule has 0 bridgehead atoms. The Bertz CT molecular complexity index is 865. The molecular weight excluding hydrogens is 363 g/mol. The predicted molar refractivity (Wildman–Crippen MR) is 103 cm³/mol. The smallest absolute Gasteiger partial charge is 0.239 e. The summed E-state index contributed by atoms with van der Waals surface area (Å²) >= 11 is 0. The molecule has 3 rings (SSSR count). The van der Waals surface area contributed by atoms with Gasteiger partial charge in [0.15, 0.2) is 11.5 Å². The molecule has 0 saturated carbocycles. The van der Waals surface area contributed by atoms with Gasteiger partial charge in [-0.15, -0.1) is 0 Å². The lowest BCUT2D eigenvalue weighted by atomic mass is 9.90. The molecule has 0 atom stereocenters. The first-order valence-electron chi connectivity index (χ1n) is 9.10. The van der Waals surface area contributed by atoms with E-state index in [9.17, 15) is 14.0 Å². The molecular formula is C21H23FN2O4. The molecule has 28 heavy (non-hydrogen) atoms. The van der Waals surface area contributed by atoms with Gasteiger partial charge in [-0.05, 0) is 50.1 Å². The van der Waals surface area contributed by atoms with Crippen LogP contribution in [0.5, 0.6) is 11.5 Å². The summed E-state index contributed by atoms with van der Waals surface area (Å²) in [5.74, 6) is 0.0745. The third kappa shape index (κ3) is 4.60. The van der Waals surface area contributed by atoms with Crippen molar-refractivity contribution in [2.75, 3.05) is 25.1 Å². The van der Waals surface area contributed by atoms with Crippen LogP contribution in [0.1, 0.15) is 19.4 Å². The van der Waals surface area contributed by atoms with Crippen LogP contribution in [0.3, 0.4) is 0 Å². The quantitative estimate of drug-likeness (QED) is 0.749. The Morgan fingerprint density at radius 2 is 1.68 bits per heavy atom. The summed E-state index contributed by atoms with van der Waals surface area (Å²) in [7, 11) is 0. The highest BCUT2D eigenvalue weighted by molar-refractivity contribution is 6.09. The highest BCUT2D eigenvalue weighted by atomic mass is 19.1. The fourth-order valence-corrected chi connectivity index (χ4v) is 2.70. The van der Waals surface area contributed by atoms with Crippen LogP contribution in [-0.2, 0) is 16.0 Å². The van der Waals surface area contributed by atoms with Crippen molar-refractivity contribution in [3.8, 4) is 11.5 Å². The lowest BCUT2D eigenvalue weighted by Gasteiger charge is -2.24. The second kappa shape index (κ2) is 8.29. The average Bonchev–Trinajstić information content (AvgIpc) is 2.69. The van der Waals surface area contributed by atoms with Crippen LogP contribution in [-0.4, -0.2) is 31.6 Å². The lowest BCUT2D eigenvalue weighted by Crippen LogP contribution is -2.45. The monoisotopic (exact) mass is 386 g/mol. The number of nitrogens with one attached hydrogen (secondary N) is 2. The van der Waals surface area contributed by atoms with Gasteiger partial charge in [-0.25, -0.2) is 4.39 Å². The number of carbonyl (C=O) groups is 2. The minimum absolute atomic E-state index is 0.301. The van der Waals surface area contributed by atoms with Crippen molar-refractivity contribution in [2.45, 2.75) is 20.3 Å². The molecule has 0 radical (unpaired) electrons. The van der Waals surface area contributed by atoms with Crippen molar-refractivity contribution in [1.29, 1.82) is 0 Å². The highest BCUT2D eigenvalue weighted by Crippen LogP contribution is 2.33. The van der Waals surface area contributed by atoms with Gasteiger partial charge >= 0.3 is 0 Å². The van der Waals surface area contributed by atoms with E-state index in [4.69, 9.17) is 9.47 Å². The van der Waals surface area contributed by atoms with Crippen LogP contribution in [0, 0.1) is 11.2 Å². The summed E-state index contributed by atoms with van der Waals surface area (Å²) in [6.45, 7) is 4.42. The first kappa shape index (κ1) is 19.7. The molecule has 7 heteroatoms. The SMILES string of the molecule is CC(C)(C(=O)NCCc1ccc(F)cc1)C(=O)Nc1ccc2c(c1)OCCO2. The normalized spacial score (nSPS) is 13.0. The summed E-state index contributed by atoms with van der Waals surface area (Å²) in [5, 5.41) is 5.52. The van der Waals surface area contributed by atoms with Gasteiger partial charge in [0.25, 0.3) is 0 Å². The molecule has 6 nitrogen and oxygen atoms in total. The van der Waals surface area contributed by atoms with Crippen molar-refractivity contribution in [2.24, 2.45) is 5.41 Å². The van der Waals surface area contributed by atoms with Gasteiger partial charge in [0.2, 0.25) is 11.8 Å². The number of hydrogen-bond acceptors (Lipinski definition) is 4. The summed E-state index contributed by atoms with van der Waals surface area (Å²) in [5.41, 5.74) is 0.164. The highest BCUT2D eigenvalue weighted by Gasteiger charge is 2.36. The molecule has 0 aliphatic carbocycles. The van der Waals surface area contributed by atoms with Crippen LogP contribution in [0.25, 0.3) is 0 Å². The number of rotatable bonds is 6. The minimum Gasteiger partial charge on any atom is -0.486 e. The number of benzene rings is 2. The Morgan fingerprint density at radius 1 is 1.00 bits per heavy atom. The van der Waals surface area contributed by atoms with E-state index in [1.165, 1.54) is 12.1 Å². The number of hydrogen-bond donors (Lipinski definition) is 2. The molecule has 2 N–H and O–H groups in total. The molecule has 1 heterocycles. The minimum atomic E-state index is -1.27. The predicted octanol–water partition coefficient (Wildman–Crippen LogP) is 2.92. The molecule has 2 aromatic carbocycles. The van der Waals surface area contributed by atoms with E-state index < -0.39 is 11.3 Å². The molecule has 1 aliphatic rings. The summed E-state index contributed by atoms with van der Waals surface area (Å²) in [6, 6.07) is 11.2. The maximum Gasteiger partial charge on any atom is 0.239 e. The number of ether oxygens (including phenoxy) is 2. The van der Waals surface area contributed by atoms with E-state index in [1.54, 1.807) is 44.2 Å². The van der Waals surface area contributed by atoms with Crippen molar-refractivity contribution < 1.29 is 23.5 Å². The fraction of sp³-hybridized carbons (Fsp3) is 0.333. The zero-order chi connectivity index (χ0) is 20.1. The third-order valence-corrected chi connectivity index (χ3v) is 4.55. The van der Waals surface area contributed by atoms with Gasteiger partial charge in [0.1, 0.15) is 24.4 Å². The third-order valence-electron chi connectivity index (χ3n) is 4.55. The number of anilines is 1. The van der Waals surface area contributed by atoms with Crippen molar-refractivity contribution >= 4 is 17.5 Å². The van der Waals surface area contributed by atoms with E-state index >= 15 is 0 Å². The molecule has 0 aromatic heterocycles. The van der Waals surface area contributed by atoms with E-state index in [0.29, 0.717) is 43.4 Å². The van der Waals surface area contributed by atoms with Crippen molar-refractivity contribution in [3.05, 3.63) is 53.8 Å². The first-order chi connectivity index (χ1) is 13.4. The van der Waals surface area contributed by atoms with Gasteiger partial charge in [0.05, 0.1) is 0 Å². The second-order valence-corrected chi connectivity index (χ2v) is 7.07. The molecule has 0 unspecified atom stereocenters. The topological polar surface area (TPSA) is 76.7 Å². The van der Waals surface area contributed by atoms with Crippen LogP contribution in [0.4, 0.5) is 10.1 Å². The molecule has 2 aromatic rings. The maximum atomic E-state index is 12.9. The van der Waals surface area contributed by atoms with Gasteiger partial charge in [-0.2, -0.15) is 0 Å². The molecule has 1 aliphatic heterocycles. The van der Waals surface area contributed by atoms with Crippen LogP contribution >= 0.6 is 0 Å². The van der Waals surface area contributed by atoms with Crippen molar-refractivity contribution in [3.63, 3.8) is 0 Å². The van der Waals surface area contributed by atoms with E-state index in [2.05, 4.69) is 10.6 Å². The van der Waals surface area contributed by atoms with Gasteiger partial charge in [-0.1, -0.05) is 12.1 Å². The second-order valence-electron chi connectivity index (χ2n) is 7.07. The number of fused-ring (bicyclic) bond motifs is 1. The number of halogens is 1. The van der Waals surface area contributed by atoms with Gasteiger partial charge < -0.3 is 20.1 Å². The molecule has 0 saturated heterocycles. The van der Waals surface area contributed by atoms with Crippen LogP contribution in [0.2, 0.25) is 0 Å². The first-order valence-corrected chi connectivity index (χ1v) is 9.10. The summed E-state index contributed by atoms with van der Waals surface area (Å²) in [4.78, 5) is 25.1. The zero-order valence-corrected chi connectivity index (χ0v) is 15.9.